The molecule has 4 nitrogen and oxygen atoms in total. The van der Waals surface area contributed by atoms with E-state index < -0.39 is 0 Å². The van der Waals surface area contributed by atoms with Crippen LogP contribution >= 0.6 is 0 Å². The summed E-state index contributed by atoms with van der Waals surface area (Å²) in [7, 11) is 0. The van der Waals surface area contributed by atoms with Crippen LogP contribution < -0.4 is 0 Å². The normalized spacial score (nSPS) is 17.9. The first kappa shape index (κ1) is 11.3. The number of ether oxygens (including phenoxy) is 1. The molecule has 0 unspecified atom stereocenters. The number of hydrogen-bond acceptors (Lipinski definition) is 3. The van der Waals surface area contributed by atoms with Gasteiger partial charge in [0, 0.05) is 25.3 Å². The molecule has 4 heteroatoms. The predicted molar refractivity (Wildman–Crippen MR) is 60.5 cm³/mol. The van der Waals surface area contributed by atoms with Crippen LogP contribution in [0.3, 0.4) is 0 Å². The molecular weight excluding hydrogens is 204 g/mol. The van der Waals surface area contributed by atoms with Gasteiger partial charge < -0.3 is 4.74 Å². The molecule has 0 aromatic carbocycles. The number of carbonyl (C=O) groups is 1. The third-order valence-electron chi connectivity index (χ3n) is 2.98. The van der Waals surface area contributed by atoms with E-state index in [1.807, 2.05) is 24.7 Å². The summed E-state index contributed by atoms with van der Waals surface area (Å²) in [5, 5.41) is 4.28. The minimum absolute atomic E-state index is 0.0346. The highest BCUT2D eigenvalue weighted by Crippen LogP contribution is 2.20. The summed E-state index contributed by atoms with van der Waals surface area (Å²) in [6.07, 6.45) is 5.52. The molecule has 2 rings (SSSR count). The van der Waals surface area contributed by atoms with Crippen molar-refractivity contribution in [2.24, 2.45) is 5.92 Å². The van der Waals surface area contributed by atoms with Crippen molar-refractivity contribution in [2.45, 2.75) is 32.7 Å². The van der Waals surface area contributed by atoms with E-state index in [0.717, 1.165) is 31.6 Å². The van der Waals surface area contributed by atoms with Crippen molar-refractivity contribution in [3.63, 3.8) is 0 Å². The maximum Gasteiger partial charge on any atom is 0.168 e. The van der Waals surface area contributed by atoms with Gasteiger partial charge in [-0.25, -0.2) is 0 Å². The fraction of sp³-hybridized carbons (Fsp3) is 0.667. The average Bonchev–Trinajstić information content (AvgIpc) is 2.78. The standard InChI is InChI=1S/C12H18N2O2/c1-9(2)12(15)10-7-13-14(8-10)11-3-5-16-6-4-11/h7-9,11H,3-6H2,1-2H3. The van der Waals surface area contributed by atoms with Gasteiger partial charge in [0.05, 0.1) is 17.8 Å². The number of nitrogens with zero attached hydrogens (tertiary/aromatic N) is 2. The number of ketones is 1. The van der Waals surface area contributed by atoms with Gasteiger partial charge in [-0.15, -0.1) is 0 Å². The molecule has 2 heterocycles. The van der Waals surface area contributed by atoms with E-state index in [1.54, 1.807) is 6.20 Å². The third-order valence-corrected chi connectivity index (χ3v) is 2.98. The van der Waals surface area contributed by atoms with E-state index in [4.69, 9.17) is 4.74 Å². The smallest absolute Gasteiger partial charge is 0.168 e. The molecule has 0 saturated carbocycles. The summed E-state index contributed by atoms with van der Waals surface area (Å²) >= 11 is 0. The molecule has 1 aliphatic heterocycles. The molecule has 0 N–H and O–H groups in total. The van der Waals surface area contributed by atoms with Gasteiger partial charge in [0.15, 0.2) is 5.78 Å². The zero-order valence-corrected chi connectivity index (χ0v) is 9.85. The van der Waals surface area contributed by atoms with E-state index >= 15 is 0 Å². The molecule has 1 fully saturated rings. The first-order valence-corrected chi connectivity index (χ1v) is 5.84. The van der Waals surface area contributed by atoms with Crippen molar-refractivity contribution in [3.8, 4) is 0 Å². The molecule has 88 valence electrons. The SMILES string of the molecule is CC(C)C(=O)c1cnn(C2CCOCC2)c1. The van der Waals surface area contributed by atoms with Crippen molar-refractivity contribution in [1.82, 2.24) is 9.78 Å². The minimum atomic E-state index is 0.0346. The highest BCUT2D eigenvalue weighted by atomic mass is 16.5. The van der Waals surface area contributed by atoms with Crippen molar-refractivity contribution in [3.05, 3.63) is 18.0 Å². The Hall–Kier alpha value is -1.16. The summed E-state index contributed by atoms with van der Waals surface area (Å²) in [6, 6.07) is 0.391. The van der Waals surface area contributed by atoms with Gasteiger partial charge in [-0.05, 0) is 12.8 Å². The van der Waals surface area contributed by atoms with Crippen LogP contribution in [-0.2, 0) is 4.74 Å². The second-order valence-corrected chi connectivity index (χ2v) is 4.57. The first-order chi connectivity index (χ1) is 7.68. The zero-order chi connectivity index (χ0) is 11.5. The van der Waals surface area contributed by atoms with E-state index in [2.05, 4.69) is 5.10 Å². The van der Waals surface area contributed by atoms with Crippen LogP contribution in [-0.4, -0.2) is 28.8 Å². The molecule has 0 amide bonds. The number of rotatable bonds is 3. The summed E-state index contributed by atoms with van der Waals surface area (Å²) in [5.74, 6) is 0.200. The summed E-state index contributed by atoms with van der Waals surface area (Å²) in [5.41, 5.74) is 0.724. The van der Waals surface area contributed by atoms with E-state index in [0.29, 0.717) is 6.04 Å². The van der Waals surface area contributed by atoms with Crippen molar-refractivity contribution >= 4 is 5.78 Å². The molecule has 0 aliphatic carbocycles. The number of hydrogen-bond donors (Lipinski definition) is 0. The van der Waals surface area contributed by atoms with Gasteiger partial charge in [-0.2, -0.15) is 5.10 Å². The molecule has 1 aliphatic rings. The minimum Gasteiger partial charge on any atom is -0.381 e. The van der Waals surface area contributed by atoms with Crippen LogP contribution in [0.15, 0.2) is 12.4 Å². The zero-order valence-electron chi connectivity index (χ0n) is 9.85. The van der Waals surface area contributed by atoms with Gasteiger partial charge in [-0.3, -0.25) is 9.48 Å². The highest BCUT2D eigenvalue weighted by molar-refractivity contribution is 5.96. The Morgan fingerprint density at radius 2 is 2.19 bits per heavy atom. The summed E-state index contributed by atoms with van der Waals surface area (Å²) < 4.78 is 7.22. The quantitative estimate of drug-likeness (QED) is 0.735. The molecule has 1 aromatic heterocycles. The summed E-state index contributed by atoms with van der Waals surface area (Å²) in [4.78, 5) is 11.8. The van der Waals surface area contributed by atoms with Gasteiger partial charge in [0.2, 0.25) is 0 Å². The Balaban J connectivity index is 2.09. The molecule has 0 atom stereocenters. The molecule has 1 aromatic rings. The fourth-order valence-electron chi connectivity index (χ4n) is 1.95. The fourth-order valence-corrected chi connectivity index (χ4v) is 1.95. The number of Topliss-reactive ketones (excluding diaryl/α,β-unsaturated/α-hetero) is 1. The Morgan fingerprint density at radius 1 is 1.50 bits per heavy atom. The Bertz CT molecular complexity index is 365. The lowest BCUT2D eigenvalue weighted by Gasteiger charge is -2.22. The van der Waals surface area contributed by atoms with Crippen molar-refractivity contribution in [1.29, 1.82) is 0 Å². The molecule has 1 saturated heterocycles. The van der Waals surface area contributed by atoms with Crippen LogP contribution in [0.5, 0.6) is 0 Å². The largest absolute Gasteiger partial charge is 0.381 e. The van der Waals surface area contributed by atoms with E-state index in [9.17, 15) is 4.79 Å². The molecule has 0 radical (unpaired) electrons. The molecule has 16 heavy (non-hydrogen) atoms. The second kappa shape index (κ2) is 4.78. The van der Waals surface area contributed by atoms with Crippen LogP contribution in [0.4, 0.5) is 0 Å². The second-order valence-electron chi connectivity index (χ2n) is 4.57. The third kappa shape index (κ3) is 2.32. The van der Waals surface area contributed by atoms with Crippen LogP contribution in [0.1, 0.15) is 43.1 Å². The van der Waals surface area contributed by atoms with E-state index in [-0.39, 0.29) is 11.7 Å². The summed E-state index contributed by atoms with van der Waals surface area (Å²) in [6.45, 7) is 5.40. The number of aromatic nitrogens is 2. The van der Waals surface area contributed by atoms with Crippen molar-refractivity contribution < 1.29 is 9.53 Å². The van der Waals surface area contributed by atoms with Gasteiger partial charge in [0.25, 0.3) is 0 Å². The Morgan fingerprint density at radius 3 is 2.81 bits per heavy atom. The van der Waals surface area contributed by atoms with Gasteiger partial charge >= 0.3 is 0 Å². The molecule has 0 spiro atoms. The monoisotopic (exact) mass is 222 g/mol. The molecule has 0 bridgehead atoms. The Labute approximate surface area is 95.6 Å². The van der Waals surface area contributed by atoms with Crippen molar-refractivity contribution in [2.75, 3.05) is 13.2 Å². The lowest BCUT2D eigenvalue weighted by molar-refractivity contribution is 0.0662. The van der Waals surface area contributed by atoms with Crippen LogP contribution in [0, 0.1) is 5.92 Å². The van der Waals surface area contributed by atoms with Crippen LogP contribution in [0.25, 0.3) is 0 Å². The lowest BCUT2D eigenvalue weighted by atomic mass is 10.0. The number of carbonyl (C=O) groups excluding carboxylic acids is 1. The maximum absolute atomic E-state index is 11.8. The first-order valence-electron chi connectivity index (χ1n) is 5.84. The maximum atomic E-state index is 11.8. The molecular formula is C12H18N2O2. The van der Waals surface area contributed by atoms with E-state index in [1.165, 1.54) is 0 Å². The predicted octanol–water partition coefficient (Wildman–Crippen LogP) is 2.07. The topological polar surface area (TPSA) is 44.1 Å². The van der Waals surface area contributed by atoms with Gasteiger partial charge in [0.1, 0.15) is 0 Å². The van der Waals surface area contributed by atoms with Crippen LogP contribution in [0.2, 0.25) is 0 Å². The lowest BCUT2D eigenvalue weighted by Crippen LogP contribution is -2.19. The highest BCUT2D eigenvalue weighted by Gasteiger charge is 2.18. The average molecular weight is 222 g/mol. The Kier molecular flexibility index (Phi) is 3.39. The van der Waals surface area contributed by atoms with Gasteiger partial charge in [-0.1, -0.05) is 13.8 Å².